The van der Waals surface area contributed by atoms with Gasteiger partial charge in [0.25, 0.3) is 0 Å². The number of carbonyl (C=O) groups is 1. The highest BCUT2D eigenvalue weighted by Crippen LogP contribution is 2.43. The standard InChI is InChI=1S/C23H22N2O4/c1-28-20-9-5-8-19(22(20)29-15-17-6-3-2-4-7-17)23(16-24)12-10-18(11-13-23)25-14-21(26)27/h2-12,25H,13-15H2,1H3,(H,26,27). The quantitative estimate of drug-likeness (QED) is 0.716. The van der Waals surface area contributed by atoms with Gasteiger partial charge in [0.05, 0.1) is 13.2 Å². The molecule has 6 nitrogen and oxygen atoms in total. The van der Waals surface area contributed by atoms with E-state index in [4.69, 9.17) is 14.6 Å². The number of nitrogens with one attached hydrogen (secondary N) is 1. The highest BCUT2D eigenvalue weighted by Gasteiger charge is 2.35. The van der Waals surface area contributed by atoms with Gasteiger partial charge in [0.1, 0.15) is 18.6 Å². The van der Waals surface area contributed by atoms with E-state index >= 15 is 0 Å². The first-order valence-electron chi connectivity index (χ1n) is 9.18. The molecule has 3 rings (SSSR count). The minimum absolute atomic E-state index is 0.180. The predicted octanol–water partition coefficient (Wildman–Crippen LogP) is 3.55. The van der Waals surface area contributed by atoms with Crippen molar-refractivity contribution >= 4 is 5.97 Å². The zero-order valence-corrected chi connectivity index (χ0v) is 16.1. The van der Waals surface area contributed by atoms with Crippen molar-refractivity contribution in [2.75, 3.05) is 13.7 Å². The van der Waals surface area contributed by atoms with E-state index in [9.17, 15) is 10.1 Å². The van der Waals surface area contributed by atoms with Gasteiger partial charge in [0, 0.05) is 11.3 Å². The van der Waals surface area contributed by atoms with Gasteiger partial charge in [-0.05, 0) is 24.1 Å². The van der Waals surface area contributed by atoms with Crippen molar-refractivity contribution in [3.8, 4) is 17.6 Å². The highest BCUT2D eigenvalue weighted by atomic mass is 16.5. The second kappa shape index (κ2) is 8.98. The van der Waals surface area contributed by atoms with Gasteiger partial charge in [-0.1, -0.05) is 54.6 Å². The number of aliphatic carboxylic acids is 1. The zero-order chi connectivity index (χ0) is 20.7. The summed E-state index contributed by atoms with van der Waals surface area (Å²) in [7, 11) is 1.57. The number of nitriles is 1. The Balaban J connectivity index is 1.90. The van der Waals surface area contributed by atoms with Gasteiger partial charge in [-0.15, -0.1) is 0 Å². The van der Waals surface area contributed by atoms with Gasteiger partial charge in [0.15, 0.2) is 11.5 Å². The normalized spacial score (nSPS) is 17.7. The molecule has 29 heavy (non-hydrogen) atoms. The first-order valence-corrected chi connectivity index (χ1v) is 9.18. The molecule has 0 saturated carbocycles. The van der Waals surface area contributed by atoms with E-state index in [0.29, 0.717) is 35.8 Å². The number of ether oxygens (including phenoxy) is 2. The molecule has 0 aliphatic heterocycles. The molecular weight excluding hydrogens is 368 g/mol. The fraction of sp³-hybridized carbons (Fsp3) is 0.217. The number of hydrogen-bond acceptors (Lipinski definition) is 5. The third kappa shape index (κ3) is 4.58. The van der Waals surface area contributed by atoms with Crippen LogP contribution in [0.4, 0.5) is 0 Å². The van der Waals surface area contributed by atoms with E-state index < -0.39 is 11.4 Å². The molecule has 6 heteroatoms. The lowest BCUT2D eigenvalue weighted by Gasteiger charge is -2.28. The van der Waals surface area contributed by atoms with E-state index in [1.807, 2.05) is 48.5 Å². The highest BCUT2D eigenvalue weighted by molar-refractivity contribution is 5.69. The van der Waals surface area contributed by atoms with Crippen molar-refractivity contribution in [3.63, 3.8) is 0 Å². The topological polar surface area (TPSA) is 91.6 Å². The molecule has 0 saturated heterocycles. The number of benzene rings is 2. The van der Waals surface area contributed by atoms with Crippen LogP contribution >= 0.6 is 0 Å². The second-order valence-corrected chi connectivity index (χ2v) is 6.64. The zero-order valence-electron chi connectivity index (χ0n) is 16.1. The molecule has 1 aliphatic rings. The molecular formula is C23H22N2O4. The van der Waals surface area contributed by atoms with E-state index in [-0.39, 0.29) is 6.54 Å². The summed E-state index contributed by atoms with van der Waals surface area (Å²) in [5.74, 6) is 0.140. The number of allylic oxidation sites excluding steroid dienone is 3. The Labute approximate surface area is 169 Å². The SMILES string of the molecule is COc1cccc(C2(C#N)C=CC(NCC(=O)O)=CC2)c1OCc1ccccc1. The van der Waals surface area contributed by atoms with Crippen LogP contribution in [0.15, 0.2) is 72.5 Å². The molecule has 0 radical (unpaired) electrons. The maximum Gasteiger partial charge on any atom is 0.322 e. The lowest BCUT2D eigenvalue weighted by Crippen LogP contribution is -2.27. The summed E-state index contributed by atoms with van der Waals surface area (Å²) in [6.07, 6.45) is 5.72. The molecule has 0 fully saturated rings. The van der Waals surface area contributed by atoms with Crippen LogP contribution < -0.4 is 14.8 Å². The maximum absolute atomic E-state index is 10.8. The van der Waals surface area contributed by atoms with Crippen LogP contribution in [0.1, 0.15) is 17.5 Å². The van der Waals surface area contributed by atoms with Crippen LogP contribution in [0.5, 0.6) is 11.5 Å². The number of methoxy groups -OCH3 is 1. The number of rotatable bonds is 8. The van der Waals surface area contributed by atoms with Gasteiger partial charge < -0.3 is 19.9 Å². The molecule has 0 heterocycles. The van der Waals surface area contributed by atoms with Gasteiger partial charge >= 0.3 is 5.97 Å². The summed E-state index contributed by atoms with van der Waals surface area (Å²) in [6, 6.07) is 17.7. The third-order valence-electron chi connectivity index (χ3n) is 4.74. The fourth-order valence-electron chi connectivity index (χ4n) is 3.20. The van der Waals surface area contributed by atoms with E-state index in [1.165, 1.54) is 0 Å². The van der Waals surface area contributed by atoms with Crippen LogP contribution in [-0.2, 0) is 16.8 Å². The lowest BCUT2D eigenvalue weighted by molar-refractivity contribution is -0.135. The summed E-state index contributed by atoms with van der Waals surface area (Å²) in [6.45, 7) is 0.168. The largest absolute Gasteiger partial charge is 0.493 e. The molecule has 1 atom stereocenters. The van der Waals surface area contributed by atoms with Crippen molar-refractivity contribution in [3.05, 3.63) is 83.6 Å². The van der Waals surface area contributed by atoms with E-state index in [2.05, 4.69) is 11.4 Å². The summed E-state index contributed by atoms with van der Waals surface area (Å²) >= 11 is 0. The minimum atomic E-state index is -0.944. The van der Waals surface area contributed by atoms with Crippen LogP contribution in [0, 0.1) is 11.3 Å². The molecule has 1 unspecified atom stereocenters. The lowest BCUT2D eigenvalue weighted by atomic mass is 9.75. The molecule has 0 aromatic heterocycles. The molecule has 0 spiro atoms. The predicted molar refractivity (Wildman–Crippen MR) is 109 cm³/mol. The smallest absolute Gasteiger partial charge is 0.322 e. The van der Waals surface area contributed by atoms with E-state index in [0.717, 1.165) is 5.56 Å². The Morgan fingerprint density at radius 3 is 2.66 bits per heavy atom. The summed E-state index contributed by atoms with van der Waals surface area (Å²) < 4.78 is 11.6. The number of hydrogen-bond donors (Lipinski definition) is 2. The summed E-state index contributed by atoms with van der Waals surface area (Å²) in [5.41, 5.74) is 1.46. The molecule has 0 bridgehead atoms. The van der Waals surface area contributed by atoms with Gasteiger partial charge in [-0.25, -0.2) is 0 Å². The monoisotopic (exact) mass is 390 g/mol. The first-order chi connectivity index (χ1) is 14.1. The Morgan fingerprint density at radius 2 is 2.03 bits per heavy atom. The van der Waals surface area contributed by atoms with Crippen LogP contribution in [0.2, 0.25) is 0 Å². The van der Waals surface area contributed by atoms with Crippen molar-refractivity contribution < 1.29 is 19.4 Å². The van der Waals surface area contributed by atoms with Gasteiger partial charge in [0.2, 0.25) is 0 Å². The van der Waals surface area contributed by atoms with Crippen molar-refractivity contribution in [1.82, 2.24) is 5.32 Å². The molecule has 0 amide bonds. The minimum Gasteiger partial charge on any atom is -0.493 e. The Hall–Kier alpha value is -3.72. The number of carboxylic acid groups (broad SMARTS) is 1. The Kier molecular flexibility index (Phi) is 6.20. The van der Waals surface area contributed by atoms with Crippen LogP contribution in [0.3, 0.4) is 0 Å². The average molecular weight is 390 g/mol. The number of carboxylic acids is 1. The van der Waals surface area contributed by atoms with Gasteiger partial charge in [-0.3, -0.25) is 4.79 Å². The fourth-order valence-corrected chi connectivity index (χ4v) is 3.20. The molecule has 1 aliphatic carbocycles. The average Bonchev–Trinajstić information content (AvgIpc) is 2.77. The molecule has 2 aromatic rings. The van der Waals surface area contributed by atoms with Crippen molar-refractivity contribution in [1.29, 1.82) is 5.26 Å². The van der Waals surface area contributed by atoms with E-state index in [1.54, 1.807) is 25.3 Å². The number of para-hydroxylation sites is 1. The summed E-state index contributed by atoms with van der Waals surface area (Å²) in [5, 5.41) is 21.7. The maximum atomic E-state index is 10.8. The van der Waals surface area contributed by atoms with Crippen molar-refractivity contribution in [2.24, 2.45) is 0 Å². The molecule has 2 N–H and O–H groups in total. The molecule has 148 valence electrons. The molecule has 2 aromatic carbocycles. The third-order valence-corrected chi connectivity index (χ3v) is 4.74. The van der Waals surface area contributed by atoms with Crippen molar-refractivity contribution in [2.45, 2.75) is 18.4 Å². The Bertz CT molecular complexity index is 976. The van der Waals surface area contributed by atoms with Crippen LogP contribution in [-0.4, -0.2) is 24.7 Å². The van der Waals surface area contributed by atoms with Gasteiger partial charge in [-0.2, -0.15) is 5.26 Å². The number of nitrogens with zero attached hydrogens (tertiary/aromatic N) is 1. The first kappa shape index (κ1) is 20.0. The summed E-state index contributed by atoms with van der Waals surface area (Å²) in [4.78, 5) is 10.8. The second-order valence-electron chi connectivity index (χ2n) is 6.64. The Morgan fingerprint density at radius 1 is 1.24 bits per heavy atom. The van der Waals surface area contributed by atoms with Crippen LogP contribution in [0.25, 0.3) is 0 Å².